The van der Waals surface area contributed by atoms with Crippen molar-refractivity contribution < 1.29 is 0 Å². The molecule has 1 aliphatic rings. The Kier molecular flexibility index (Phi) is 2.96. The van der Waals surface area contributed by atoms with Crippen molar-refractivity contribution in [2.24, 2.45) is 0 Å². The zero-order valence-corrected chi connectivity index (χ0v) is 13.4. The van der Waals surface area contributed by atoms with E-state index in [1.165, 1.54) is 33.3 Å². The third-order valence-electron chi connectivity index (χ3n) is 5.08. The van der Waals surface area contributed by atoms with Crippen molar-refractivity contribution in [3.8, 4) is 0 Å². The highest BCUT2D eigenvalue weighted by Gasteiger charge is 2.26. The number of aromatic nitrogens is 2. The van der Waals surface area contributed by atoms with Gasteiger partial charge in [-0.1, -0.05) is 24.3 Å². The molecule has 1 unspecified atom stereocenters. The van der Waals surface area contributed by atoms with Crippen molar-refractivity contribution in [2.75, 3.05) is 11.4 Å². The molecule has 0 aliphatic carbocycles. The molecule has 3 heteroatoms. The van der Waals surface area contributed by atoms with E-state index in [1.54, 1.807) is 0 Å². The number of aromatic amines is 1. The molecule has 3 nitrogen and oxygen atoms in total. The fourth-order valence-electron chi connectivity index (χ4n) is 3.65. The smallest absolute Gasteiger partial charge is 0.153 e. The Morgan fingerprint density at radius 3 is 2.86 bits per heavy atom. The average molecular weight is 291 g/mol. The average Bonchev–Trinajstić information content (AvgIpc) is 2.83. The van der Waals surface area contributed by atoms with E-state index < -0.39 is 0 Å². The second kappa shape index (κ2) is 4.87. The number of benzene rings is 1. The third-order valence-corrected chi connectivity index (χ3v) is 5.08. The summed E-state index contributed by atoms with van der Waals surface area (Å²) in [7, 11) is 0. The highest BCUT2D eigenvalue weighted by atomic mass is 15.2. The highest BCUT2D eigenvalue weighted by molar-refractivity contribution is 5.92. The van der Waals surface area contributed by atoms with Crippen molar-refractivity contribution >= 4 is 16.7 Å². The summed E-state index contributed by atoms with van der Waals surface area (Å²) in [6.45, 7) is 7.60. The van der Waals surface area contributed by atoms with Crippen LogP contribution in [-0.4, -0.2) is 16.5 Å². The van der Waals surface area contributed by atoms with Crippen LogP contribution in [0.5, 0.6) is 0 Å². The van der Waals surface area contributed by atoms with Gasteiger partial charge in [0.25, 0.3) is 0 Å². The number of aryl methyl sites for hydroxylation is 2. The van der Waals surface area contributed by atoms with Crippen LogP contribution < -0.4 is 4.90 Å². The molecule has 3 aromatic rings. The summed E-state index contributed by atoms with van der Waals surface area (Å²) in [5, 5.41) is 1.29. The predicted octanol–water partition coefficient (Wildman–Crippen LogP) is 4.30. The minimum Gasteiger partial charge on any atom is -0.355 e. The van der Waals surface area contributed by atoms with Crippen LogP contribution in [0, 0.1) is 13.8 Å². The van der Waals surface area contributed by atoms with E-state index in [4.69, 9.17) is 4.98 Å². The summed E-state index contributed by atoms with van der Waals surface area (Å²) in [5.41, 5.74) is 6.62. The second-order valence-electron chi connectivity index (χ2n) is 6.25. The molecule has 0 bridgehead atoms. The van der Waals surface area contributed by atoms with Crippen molar-refractivity contribution in [1.29, 1.82) is 0 Å². The van der Waals surface area contributed by atoms with Gasteiger partial charge in [0.2, 0.25) is 0 Å². The van der Waals surface area contributed by atoms with Gasteiger partial charge in [0.15, 0.2) is 5.82 Å². The zero-order valence-electron chi connectivity index (χ0n) is 13.4. The van der Waals surface area contributed by atoms with Gasteiger partial charge in [0.05, 0.1) is 11.6 Å². The second-order valence-corrected chi connectivity index (χ2v) is 6.25. The molecule has 1 aliphatic heterocycles. The van der Waals surface area contributed by atoms with E-state index in [-0.39, 0.29) is 0 Å². The Balaban J connectivity index is 1.85. The maximum atomic E-state index is 4.70. The normalized spacial score (nSPS) is 17.8. The van der Waals surface area contributed by atoms with Gasteiger partial charge in [0.1, 0.15) is 0 Å². The van der Waals surface area contributed by atoms with E-state index in [1.807, 2.05) is 6.20 Å². The van der Waals surface area contributed by atoms with Crippen LogP contribution in [0.3, 0.4) is 0 Å². The van der Waals surface area contributed by atoms with Gasteiger partial charge >= 0.3 is 0 Å². The molecule has 0 fully saturated rings. The molecule has 2 aromatic heterocycles. The number of nitrogens with zero attached hydrogens (tertiary/aromatic N) is 2. The molecule has 112 valence electrons. The maximum absolute atomic E-state index is 4.70. The number of rotatable bonds is 1. The first kappa shape index (κ1) is 13.4. The molecule has 1 atom stereocenters. The van der Waals surface area contributed by atoms with Gasteiger partial charge in [-0.05, 0) is 49.9 Å². The van der Waals surface area contributed by atoms with Gasteiger partial charge in [0, 0.05) is 23.8 Å². The Hall–Kier alpha value is -2.29. The lowest BCUT2D eigenvalue weighted by molar-refractivity contribution is 0.619. The molecule has 0 spiro atoms. The fourth-order valence-corrected chi connectivity index (χ4v) is 3.65. The number of anilines is 1. The van der Waals surface area contributed by atoms with Gasteiger partial charge in [-0.2, -0.15) is 0 Å². The van der Waals surface area contributed by atoms with Crippen molar-refractivity contribution in [2.45, 2.75) is 33.2 Å². The summed E-state index contributed by atoms with van der Waals surface area (Å²) >= 11 is 0. The number of hydrogen-bond acceptors (Lipinski definition) is 2. The van der Waals surface area contributed by atoms with Crippen LogP contribution in [0.25, 0.3) is 10.9 Å². The largest absolute Gasteiger partial charge is 0.355 e. The molecule has 0 radical (unpaired) electrons. The molecule has 0 saturated heterocycles. The lowest BCUT2D eigenvalue weighted by Crippen LogP contribution is -2.34. The van der Waals surface area contributed by atoms with Gasteiger partial charge < -0.3 is 9.88 Å². The Morgan fingerprint density at radius 1 is 1.18 bits per heavy atom. The molecule has 22 heavy (non-hydrogen) atoms. The minimum atomic E-state index is 0.354. The summed E-state index contributed by atoms with van der Waals surface area (Å²) in [5.74, 6) is 1.08. The number of nitrogens with one attached hydrogen (secondary N) is 1. The zero-order chi connectivity index (χ0) is 15.3. The Bertz CT molecular complexity index is 847. The van der Waals surface area contributed by atoms with Crippen LogP contribution in [-0.2, 0) is 6.42 Å². The fraction of sp³-hybridized carbons (Fsp3) is 0.316. The quantitative estimate of drug-likeness (QED) is 0.724. The van der Waals surface area contributed by atoms with Crippen molar-refractivity contribution in [3.05, 3.63) is 58.9 Å². The molecule has 3 heterocycles. The Morgan fingerprint density at radius 2 is 2.00 bits per heavy atom. The van der Waals surface area contributed by atoms with Gasteiger partial charge in [-0.15, -0.1) is 0 Å². The topological polar surface area (TPSA) is 31.9 Å². The van der Waals surface area contributed by atoms with E-state index in [0.29, 0.717) is 6.04 Å². The number of pyridine rings is 1. The van der Waals surface area contributed by atoms with Gasteiger partial charge in [-0.25, -0.2) is 4.98 Å². The van der Waals surface area contributed by atoms with Crippen LogP contribution in [0.4, 0.5) is 5.82 Å². The van der Waals surface area contributed by atoms with E-state index in [2.05, 4.69) is 61.0 Å². The summed E-state index contributed by atoms with van der Waals surface area (Å²) in [6, 6.07) is 11.2. The first-order valence-electron chi connectivity index (χ1n) is 7.95. The molecule has 1 aromatic carbocycles. The first-order chi connectivity index (χ1) is 10.7. The van der Waals surface area contributed by atoms with Crippen LogP contribution >= 0.6 is 0 Å². The standard InChI is InChI=1S/C19H21N3/c1-12-13(2)21-18-16(12)8-10-20-19(18)22-11-9-15-6-4-5-7-17(15)14(22)3/h4-8,10,14,21H,9,11H2,1-3H3. The number of hydrogen-bond donors (Lipinski definition) is 1. The SMILES string of the molecule is Cc1[nH]c2c(N3CCc4ccccc4C3C)nccc2c1C. The van der Waals surface area contributed by atoms with Crippen LogP contribution in [0.1, 0.15) is 35.3 Å². The van der Waals surface area contributed by atoms with E-state index >= 15 is 0 Å². The summed E-state index contributed by atoms with van der Waals surface area (Å²) < 4.78 is 0. The lowest BCUT2D eigenvalue weighted by atomic mass is 9.93. The van der Waals surface area contributed by atoms with Crippen LogP contribution in [0.15, 0.2) is 36.5 Å². The molecule has 4 rings (SSSR count). The predicted molar refractivity (Wildman–Crippen MR) is 91.5 cm³/mol. The Labute approximate surface area is 131 Å². The highest BCUT2D eigenvalue weighted by Crippen LogP contribution is 2.36. The molecule has 1 N–H and O–H groups in total. The number of H-pyrrole nitrogens is 1. The molecule has 0 saturated carbocycles. The van der Waals surface area contributed by atoms with Crippen molar-refractivity contribution in [1.82, 2.24) is 9.97 Å². The molecular weight excluding hydrogens is 270 g/mol. The summed E-state index contributed by atoms with van der Waals surface area (Å²) in [6.07, 6.45) is 3.02. The third kappa shape index (κ3) is 1.85. The summed E-state index contributed by atoms with van der Waals surface area (Å²) in [4.78, 5) is 10.7. The van der Waals surface area contributed by atoms with Crippen LogP contribution in [0.2, 0.25) is 0 Å². The van der Waals surface area contributed by atoms with E-state index in [0.717, 1.165) is 18.8 Å². The monoisotopic (exact) mass is 291 g/mol. The van der Waals surface area contributed by atoms with Gasteiger partial charge in [-0.3, -0.25) is 0 Å². The molecular formula is C19H21N3. The van der Waals surface area contributed by atoms with Crippen molar-refractivity contribution in [3.63, 3.8) is 0 Å². The maximum Gasteiger partial charge on any atom is 0.153 e. The first-order valence-corrected chi connectivity index (χ1v) is 7.95. The van der Waals surface area contributed by atoms with E-state index in [9.17, 15) is 0 Å². The molecule has 0 amide bonds. The number of fused-ring (bicyclic) bond motifs is 2. The minimum absolute atomic E-state index is 0.354. The lowest BCUT2D eigenvalue weighted by Gasteiger charge is -2.36.